The maximum atomic E-state index is 13.3. The molecule has 174 valence electrons. The van der Waals surface area contributed by atoms with Crippen molar-refractivity contribution in [1.29, 1.82) is 0 Å². The monoisotopic (exact) mass is 497 g/mol. The molecule has 0 aliphatic heterocycles. The zero-order valence-corrected chi connectivity index (χ0v) is 20.7. The predicted octanol–water partition coefficient (Wildman–Crippen LogP) is 7.22. The summed E-state index contributed by atoms with van der Waals surface area (Å²) >= 11 is 3.04. The van der Waals surface area contributed by atoms with E-state index < -0.39 is 0 Å². The number of aromatic nitrogens is 1. The van der Waals surface area contributed by atoms with Gasteiger partial charge in [0.1, 0.15) is 10.6 Å². The highest BCUT2D eigenvalue weighted by Gasteiger charge is 2.20. The number of amides is 1. The van der Waals surface area contributed by atoms with Crippen molar-refractivity contribution in [2.24, 2.45) is 0 Å². The Morgan fingerprint density at radius 2 is 1.66 bits per heavy atom. The molecular weight excluding hydrogens is 474 g/mol. The highest BCUT2D eigenvalue weighted by atomic mass is 32.1. The van der Waals surface area contributed by atoms with Crippen molar-refractivity contribution in [3.63, 3.8) is 0 Å². The van der Waals surface area contributed by atoms with Crippen molar-refractivity contribution >= 4 is 39.4 Å². The summed E-state index contributed by atoms with van der Waals surface area (Å²) in [6.07, 6.45) is 0. The van der Waals surface area contributed by atoms with Crippen LogP contribution in [0.25, 0.3) is 21.7 Å². The molecule has 5 rings (SSSR count). The molecule has 0 saturated heterocycles. The summed E-state index contributed by atoms with van der Waals surface area (Å²) < 4.78 is 5.44. The minimum atomic E-state index is -0.156. The van der Waals surface area contributed by atoms with Crippen LogP contribution in [0.3, 0.4) is 0 Å². The topological polar surface area (TPSA) is 63.2 Å². The summed E-state index contributed by atoms with van der Waals surface area (Å²) in [5, 5.41) is 9.06. The van der Waals surface area contributed by atoms with Crippen LogP contribution in [0.15, 0.2) is 96.4 Å². The lowest BCUT2D eigenvalue weighted by atomic mass is 10.1. The van der Waals surface area contributed by atoms with Crippen LogP contribution in [0.5, 0.6) is 5.75 Å². The third kappa shape index (κ3) is 5.26. The van der Waals surface area contributed by atoms with Crippen molar-refractivity contribution < 1.29 is 9.53 Å². The molecule has 0 aliphatic carbocycles. The van der Waals surface area contributed by atoms with Gasteiger partial charge in [-0.15, -0.1) is 11.3 Å². The van der Waals surface area contributed by atoms with Crippen molar-refractivity contribution in [2.75, 3.05) is 12.4 Å². The normalized spacial score (nSPS) is 10.7. The lowest BCUT2D eigenvalue weighted by molar-refractivity contribution is 0.0955. The molecule has 0 spiro atoms. The number of methoxy groups -OCH3 is 1. The molecule has 0 unspecified atom stereocenters. The molecule has 7 heteroatoms. The Balaban J connectivity index is 1.37. The van der Waals surface area contributed by atoms with Crippen LogP contribution in [0.4, 0.5) is 10.8 Å². The highest BCUT2D eigenvalue weighted by Crippen LogP contribution is 2.35. The summed E-state index contributed by atoms with van der Waals surface area (Å²) in [5.74, 6) is 0.553. The van der Waals surface area contributed by atoms with Crippen molar-refractivity contribution in [3.8, 4) is 27.4 Å². The summed E-state index contributed by atoms with van der Waals surface area (Å²) in [5.41, 5.74) is 4.55. The largest absolute Gasteiger partial charge is 0.495 e. The van der Waals surface area contributed by atoms with E-state index >= 15 is 0 Å². The van der Waals surface area contributed by atoms with Gasteiger partial charge in [-0.2, -0.15) is 0 Å². The van der Waals surface area contributed by atoms with Crippen LogP contribution in [0, 0.1) is 0 Å². The molecule has 5 aromatic rings. The molecule has 0 radical (unpaired) electrons. The molecule has 5 nitrogen and oxygen atoms in total. The maximum absolute atomic E-state index is 13.3. The van der Waals surface area contributed by atoms with Gasteiger partial charge in [0.15, 0.2) is 5.13 Å². The van der Waals surface area contributed by atoms with Gasteiger partial charge in [-0.3, -0.25) is 4.79 Å². The Hall–Kier alpha value is -3.94. The zero-order valence-electron chi connectivity index (χ0n) is 19.0. The van der Waals surface area contributed by atoms with Crippen LogP contribution in [0.2, 0.25) is 0 Å². The molecule has 1 amide bonds. The smallest absolute Gasteiger partial charge is 0.264 e. The fraction of sp³-hybridized carbons (Fsp3) is 0.0714. The summed E-state index contributed by atoms with van der Waals surface area (Å²) in [7, 11) is 1.63. The molecule has 2 aromatic heterocycles. The van der Waals surface area contributed by atoms with Gasteiger partial charge >= 0.3 is 0 Å². The van der Waals surface area contributed by atoms with Gasteiger partial charge in [-0.1, -0.05) is 84.1 Å². The van der Waals surface area contributed by atoms with Gasteiger partial charge in [0, 0.05) is 17.0 Å². The van der Waals surface area contributed by atoms with Crippen molar-refractivity contribution in [3.05, 3.63) is 107 Å². The first-order valence-electron chi connectivity index (χ1n) is 11.1. The summed E-state index contributed by atoms with van der Waals surface area (Å²) in [4.78, 5) is 19.8. The number of ether oxygens (including phenoxy) is 1. The highest BCUT2D eigenvalue weighted by molar-refractivity contribution is 7.18. The molecule has 2 N–H and O–H groups in total. The van der Waals surface area contributed by atoms with Crippen molar-refractivity contribution in [2.45, 2.75) is 6.54 Å². The predicted molar refractivity (Wildman–Crippen MR) is 145 cm³/mol. The van der Waals surface area contributed by atoms with Crippen LogP contribution in [-0.4, -0.2) is 18.0 Å². The first-order chi connectivity index (χ1) is 17.2. The number of carbonyl (C=O) groups excluding carboxylic acids is 1. The maximum Gasteiger partial charge on any atom is 0.264 e. The molecule has 3 aromatic carbocycles. The third-order valence-electron chi connectivity index (χ3n) is 5.44. The van der Waals surface area contributed by atoms with E-state index in [4.69, 9.17) is 9.72 Å². The van der Waals surface area contributed by atoms with E-state index in [0.717, 1.165) is 16.8 Å². The molecule has 35 heavy (non-hydrogen) atoms. The molecule has 0 atom stereocenters. The zero-order chi connectivity index (χ0) is 24.0. The van der Waals surface area contributed by atoms with Crippen LogP contribution in [-0.2, 0) is 6.54 Å². The minimum absolute atomic E-state index is 0.156. The Bertz CT molecular complexity index is 1410. The van der Waals surface area contributed by atoms with E-state index in [-0.39, 0.29) is 5.91 Å². The Morgan fingerprint density at radius 1 is 0.886 bits per heavy atom. The summed E-state index contributed by atoms with van der Waals surface area (Å²) in [6.45, 7) is 0.435. The number of nitrogens with one attached hydrogen (secondary N) is 2. The molecular formula is C28H23N3O2S2. The van der Waals surface area contributed by atoms with E-state index in [9.17, 15) is 4.79 Å². The lowest BCUT2D eigenvalue weighted by Crippen LogP contribution is -2.22. The first kappa shape index (κ1) is 22.8. The first-order valence-corrected chi connectivity index (χ1v) is 12.8. The van der Waals surface area contributed by atoms with E-state index in [1.54, 1.807) is 18.4 Å². The number of nitrogens with zero attached hydrogens (tertiary/aromatic N) is 1. The van der Waals surface area contributed by atoms with E-state index in [1.807, 2.05) is 60.7 Å². The molecule has 0 aliphatic rings. The number of thiophene rings is 1. The number of benzene rings is 3. The van der Waals surface area contributed by atoms with Gasteiger partial charge in [0.05, 0.1) is 18.5 Å². The van der Waals surface area contributed by atoms with E-state index in [0.29, 0.717) is 28.0 Å². The Kier molecular flexibility index (Phi) is 6.88. The fourth-order valence-corrected chi connectivity index (χ4v) is 5.32. The second-order valence-electron chi connectivity index (χ2n) is 7.74. The molecule has 0 saturated carbocycles. The van der Waals surface area contributed by atoms with E-state index in [2.05, 4.69) is 46.3 Å². The van der Waals surface area contributed by atoms with E-state index in [1.165, 1.54) is 21.8 Å². The van der Waals surface area contributed by atoms with Crippen molar-refractivity contribution in [1.82, 2.24) is 10.3 Å². The number of carbonyl (C=O) groups is 1. The van der Waals surface area contributed by atoms with Gasteiger partial charge in [-0.25, -0.2) is 4.98 Å². The molecule has 0 fully saturated rings. The minimum Gasteiger partial charge on any atom is -0.495 e. The fourth-order valence-electron chi connectivity index (χ4n) is 3.67. The molecule has 0 bridgehead atoms. The number of thiazole rings is 1. The summed E-state index contributed by atoms with van der Waals surface area (Å²) in [6, 6.07) is 29.8. The van der Waals surface area contributed by atoms with Crippen LogP contribution in [0.1, 0.15) is 15.2 Å². The number of hydrogen-bond donors (Lipinski definition) is 2. The second-order valence-corrected chi connectivity index (χ2v) is 9.69. The van der Waals surface area contributed by atoms with Gasteiger partial charge in [0.2, 0.25) is 0 Å². The van der Waals surface area contributed by atoms with Crippen LogP contribution < -0.4 is 15.4 Å². The number of rotatable bonds is 8. The Morgan fingerprint density at radius 3 is 2.40 bits per heavy atom. The van der Waals surface area contributed by atoms with Gasteiger partial charge in [-0.05, 0) is 34.7 Å². The number of hydrogen-bond acceptors (Lipinski definition) is 6. The third-order valence-corrected chi connectivity index (χ3v) is 7.33. The lowest BCUT2D eigenvalue weighted by Gasteiger charge is -2.08. The average molecular weight is 498 g/mol. The second kappa shape index (κ2) is 10.5. The quantitative estimate of drug-likeness (QED) is 0.238. The number of para-hydroxylation sites is 2. The SMILES string of the molecule is COc1ccccc1Nc1nc(-c2ccccc2)c(C(=O)NCc2ccc(-c3cccs3)cc2)s1. The van der Waals surface area contributed by atoms with Crippen LogP contribution >= 0.6 is 22.7 Å². The standard InChI is InChI=1S/C28H23N3O2S2/c1-33-23-11-6-5-10-22(23)30-28-31-25(21-8-3-2-4-9-21)26(35-28)27(32)29-18-19-13-15-20(16-14-19)24-12-7-17-34-24/h2-17H,18H2,1H3,(H,29,32)(H,30,31). The Labute approximate surface area is 212 Å². The van der Waals surface area contributed by atoms with Gasteiger partial charge in [0.25, 0.3) is 5.91 Å². The molecule has 2 heterocycles. The van der Waals surface area contributed by atoms with Gasteiger partial charge < -0.3 is 15.4 Å². The number of anilines is 2. The average Bonchev–Trinajstić information content (AvgIpc) is 3.59.